The SMILES string of the molecule is CCC(C(=O)O)N(C(C)=O)c1cccnc1Cl. The van der Waals surface area contributed by atoms with E-state index in [0.29, 0.717) is 12.1 Å². The number of aromatic nitrogens is 1. The Morgan fingerprint density at radius 1 is 1.59 bits per heavy atom. The van der Waals surface area contributed by atoms with Gasteiger partial charge in [0, 0.05) is 13.1 Å². The highest BCUT2D eigenvalue weighted by molar-refractivity contribution is 6.32. The molecule has 1 rings (SSSR count). The number of nitrogens with zero attached hydrogens (tertiary/aromatic N) is 2. The molecular weight excluding hydrogens is 244 g/mol. The lowest BCUT2D eigenvalue weighted by Crippen LogP contribution is -2.44. The summed E-state index contributed by atoms with van der Waals surface area (Å²) in [6.07, 6.45) is 1.77. The molecule has 0 aliphatic heterocycles. The number of anilines is 1. The molecule has 5 nitrogen and oxygen atoms in total. The van der Waals surface area contributed by atoms with Crippen LogP contribution in [-0.2, 0) is 9.59 Å². The number of aliphatic carboxylic acids is 1. The van der Waals surface area contributed by atoms with Gasteiger partial charge < -0.3 is 5.11 Å². The average molecular weight is 257 g/mol. The molecule has 0 aliphatic carbocycles. The van der Waals surface area contributed by atoms with Crippen molar-refractivity contribution >= 4 is 29.2 Å². The largest absolute Gasteiger partial charge is 0.480 e. The van der Waals surface area contributed by atoms with Crippen LogP contribution in [0.2, 0.25) is 5.15 Å². The normalized spacial score (nSPS) is 11.9. The van der Waals surface area contributed by atoms with Crippen LogP contribution in [-0.4, -0.2) is 28.0 Å². The monoisotopic (exact) mass is 256 g/mol. The van der Waals surface area contributed by atoms with E-state index in [1.54, 1.807) is 19.1 Å². The van der Waals surface area contributed by atoms with Crippen molar-refractivity contribution in [1.82, 2.24) is 4.98 Å². The van der Waals surface area contributed by atoms with Gasteiger partial charge in [-0.2, -0.15) is 0 Å². The number of halogens is 1. The van der Waals surface area contributed by atoms with Gasteiger partial charge in [-0.1, -0.05) is 18.5 Å². The summed E-state index contributed by atoms with van der Waals surface area (Å²) in [5, 5.41) is 9.20. The van der Waals surface area contributed by atoms with E-state index < -0.39 is 12.0 Å². The van der Waals surface area contributed by atoms with Crippen LogP contribution in [0, 0.1) is 0 Å². The number of carboxylic acids is 1. The second-order valence-electron chi connectivity index (χ2n) is 3.46. The van der Waals surface area contributed by atoms with Crippen molar-refractivity contribution in [3.05, 3.63) is 23.5 Å². The van der Waals surface area contributed by atoms with Crippen LogP contribution < -0.4 is 4.90 Å². The molecule has 92 valence electrons. The molecule has 0 saturated carbocycles. The average Bonchev–Trinajstić information content (AvgIpc) is 2.26. The van der Waals surface area contributed by atoms with Crippen molar-refractivity contribution in [3.63, 3.8) is 0 Å². The molecule has 17 heavy (non-hydrogen) atoms. The number of amides is 1. The molecule has 0 fully saturated rings. The third-order valence-corrected chi connectivity index (χ3v) is 2.61. The van der Waals surface area contributed by atoms with Crippen LogP contribution in [0.25, 0.3) is 0 Å². The Hall–Kier alpha value is -1.62. The maximum absolute atomic E-state index is 11.6. The van der Waals surface area contributed by atoms with Gasteiger partial charge in [0.2, 0.25) is 5.91 Å². The number of rotatable bonds is 4. The van der Waals surface area contributed by atoms with Crippen LogP contribution in [0.15, 0.2) is 18.3 Å². The lowest BCUT2D eigenvalue weighted by Gasteiger charge is -2.27. The molecule has 1 unspecified atom stereocenters. The third kappa shape index (κ3) is 2.94. The van der Waals surface area contributed by atoms with Gasteiger partial charge in [0.15, 0.2) is 5.15 Å². The topological polar surface area (TPSA) is 70.5 Å². The molecule has 1 aromatic heterocycles. The highest BCUT2D eigenvalue weighted by Crippen LogP contribution is 2.26. The molecule has 1 aromatic rings. The van der Waals surface area contributed by atoms with Gasteiger partial charge in [-0.05, 0) is 18.6 Å². The molecule has 0 aromatic carbocycles. The number of carbonyl (C=O) groups excluding carboxylic acids is 1. The molecule has 1 atom stereocenters. The van der Waals surface area contributed by atoms with Crippen molar-refractivity contribution < 1.29 is 14.7 Å². The number of carbonyl (C=O) groups is 2. The van der Waals surface area contributed by atoms with E-state index in [2.05, 4.69) is 4.98 Å². The van der Waals surface area contributed by atoms with Gasteiger partial charge in [0.1, 0.15) is 6.04 Å². The number of carboxylic acid groups (broad SMARTS) is 1. The number of hydrogen-bond acceptors (Lipinski definition) is 3. The summed E-state index contributed by atoms with van der Waals surface area (Å²) >= 11 is 5.87. The molecule has 0 saturated heterocycles. The molecule has 1 heterocycles. The first-order valence-electron chi connectivity index (χ1n) is 5.12. The van der Waals surface area contributed by atoms with E-state index in [-0.39, 0.29) is 11.1 Å². The van der Waals surface area contributed by atoms with E-state index >= 15 is 0 Å². The maximum atomic E-state index is 11.6. The van der Waals surface area contributed by atoms with Gasteiger partial charge in [0.05, 0.1) is 5.69 Å². The number of hydrogen-bond donors (Lipinski definition) is 1. The first-order chi connectivity index (χ1) is 7.99. The Morgan fingerprint density at radius 3 is 2.65 bits per heavy atom. The van der Waals surface area contributed by atoms with Crippen LogP contribution in [0.1, 0.15) is 20.3 Å². The summed E-state index contributed by atoms with van der Waals surface area (Å²) < 4.78 is 0. The quantitative estimate of drug-likeness (QED) is 0.836. The lowest BCUT2D eigenvalue weighted by molar-refractivity contribution is -0.140. The highest BCUT2D eigenvalue weighted by Gasteiger charge is 2.28. The van der Waals surface area contributed by atoms with E-state index in [0.717, 1.165) is 4.90 Å². The van der Waals surface area contributed by atoms with Gasteiger partial charge in [-0.15, -0.1) is 0 Å². The molecule has 0 bridgehead atoms. The minimum atomic E-state index is -1.07. The summed E-state index contributed by atoms with van der Waals surface area (Å²) in [5.74, 6) is -1.45. The Morgan fingerprint density at radius 2 is 2.24 bits per heavy atom. The van der Waals surface area contributed by atoms with E-state index in [1.807, 2.05) is 0 Å². The third-order valence-electron chi connectivity index (χ3n) is 2.32. The fraction of sp³-hybridized carbons (Fsp3) is 0.364. The zero-order valence-electron chi connectivity index (χ0n) is 9.55. The van der Waals surface area contributed by atoms with Crippen molar-refractivity contribution in [2.24, 2.45) is 0 Å². The van der Waals surface area contributed by atoms with Gasteiger partial charge in [-0.25, -0.2) is 9.78 Å². The minimum Gasteiger partial charge on any atom is -0.480 e. The van der Waals surface area contributed by atoms with Crippen molar-refractivity contribution in [2.45, 2.75) is 26.3 Å². The number of pyridine rings is 1. The predicted molar refractivity (Wildman–Crippen MR) is 64.1 cm³/mol. The Bertz CT molecular complexity index is 436. The zero-order valence-corrected chi connectivity index (χ0v) is 10.3. The fourth-order valence-electron chi connectivity index (χ4n) is 1.58. The molecule has 0 radical (unpaired) electrons. The highest BCUT2D eigenvalue weighted by atomic mass is 35.5. The second-order valence-corrected chi connectivity index (χ2v) is 3.82. The van der Waals surface area contributed by atoms with Gasteiger partial charge in [-0.3, -0.25) is 9.69 Å². The maximum Gasteiger partial charge on any atom is 0.326 e. The van der Waals surface area contributed by atoms with Crippen LogP contribution in [0.3, 0.4) is 0 Å². The Balaban J connectivity index is 3.22. The minimum absolute atomic E-state index is 0.113. The van der Waals surface area contributed by atoms with E-state index in [1.165, 1.54) is 13.1 Å². The smallest absolute Gasteiger partial charge is 0.326 e. The summed E-state index contributed by atoms with van der Waals surface area (Å²) in [4.78, 5) is 27.7. The lowest BCUT2D eigenvalue weighted by atomic mass is 10.1. The van der Waals surface area contributed by atoms with Crippen LogP contribution in [0.4, 0.5) is 5.69 Å². The van der Waals surface area contributed by atoms with E-state index in [9.17, 15) is 9.59 Å². The van der Waals surface area contributed by atoms with Crippen LogP contribution in [0.5, 0.6) is 0 Å². The van der Waals surface area contributed by atoms with Gasteiger partial charge >= 0.3 is 5.97 Å². The molecule has 1 amide bonds. The standard InChI is InChI=1S/C11H13ClN2O3/c1-3-8(11(16)17)14(7(2)15)9-5-4-6-13-10(9)12/h4-6,8H,3H2,1-2H3,(H,16,17). The molecule has 0 spiro atoms. The van der Waals surface area contributed by atoms with Crippen molar-refractivity contribution in [1.29, 1.82) is 0 Å². The predicted octanol–water partition coefficient (Wildman–Crippen LogP) is 1.95. The summed E-state index contributed by atoms with van der Waals surface area (Å²) in [5.41, 5.74) is 0.316. The Kier molecular flexibility index (Phi) is 4.45. The second kappa shape index (κ2) is 5.63. The summed E-state index contributed by atoms with van der Waals surface area (Å²) in [6, 6.07) is 2.24. The molecule has 1 N–H and O–H groups in total. The summed E-state index contributed by atoms with van der Waals surface area (Å²) in [6.45, 7) is 2.99. The van der Waals surface area contributed by atoms with Crippen molar-refractivity contribution in [3.8, 4) is 0 Å². The zero-order chi connectivity index (χ0) is 13.0. The van der Waals surface area contributed by atoms with E-state index in [4.69, 9.17) is 16.7 Å². The fourth-order valence-corrected chi connectivity index (χ4v) is 1.79. The molecule has 6 heteroatoms. The molecule has 0 aliphatic rings. The van der Waals surface area contributed by atoms with Crippen molar-refractivity contribution in [2.75, 3.05) is 4.90 Å². The Labute approximate surface area is 104 Å². The first kappa shape index (κ1) is 13.4. The summed E-state index contributed by atoms with van der Waals surface area (Å²) in [7, 11) is 0. The first-order valence-corrected chi connectivity index (χ1v) is 5.50. The van der Waals surface area contributed by atoms with Crippen LogP contribution >= 0.6 is 11.6 Å². The van der Waals surface area contributed by atoms with Gasteiger partial charge in [0.25, 0.3) is 0 Å². The molecular formula is C11H13ClN2O3.